The summed E-state index contributed by atoms with van der Waals surface area (Å²) in [6.07, 6.45) is 1.64. The lowest BCUT2D eigenvalue weighted by molar-refractivity contribution is -0.114. The molecule has 3 N–H and O–H groups in total. The minimum atomic E-state index is -0.229. The lowest BCUT2D eigenvalue weighted by Gasteiger charge is -2.15. The van der Waals surface area contributed by atoms with Crippen molar-refractivity contribution >= 4 is 23.2 Å². The molecule has 3 aromatic carbocycles. The Bertz CT molecular complexity index is 1070. The van der Waals surface area contributed by atoms with E-state index in [1.54, 1.807) is 36.4 Å². The Balaban J connectivity index is 1.56. The van der Waals surface area contributed by atoms with Crippen molar-refractivity contribution in [2.45, 2.75) is 13.0 Å². The third-order valence-corrected chi connectivity index (χ3v) is 4.74. The first-order chi connectivity index (χ1) is 15.6. The maximum Gasteiger partial charge on any atom is 0.251 e. The van der Waals surface area contributed by atoms with Crippen LogP contribution in [0.1, 0.15) is 28.9 Å². The molecule has 0 aliphatic carbocycles. The summed E-state index contributed by atoms with van der Waals surface area (Å²) in [5, 5.41) is 8.88. The Morgan fingerprint density at radius 2 is 1.75 bits per heavy atom. The van der Waals surface area contributed by atoms with Gasteiger partial charge in [0.2, 0.25) is 5.91 Å². The van der Waals surface area contributed by atoms with Crippen LogP contribution in [-0.4, -0.2) is 25.0 Å². The van der Waals surface area contributed by atoms with Crippen LogP contribution >= 0.6 is 0 Å². The highest BCUT2D eigenvalue weighted by molar-refractivity contribution is 5.97. The van der Waals surface area contributed by atoms with E-state index in [2.05, 4.69) is 22.5 Å². The third kappa shape index (κ3) is 6.47. The summed E-state index contributed by atoms with van der Waals surface area (Å²) >= 11 is 0. The van der Waals surface area contributed by atoms with Crippen molar-refractivity contribution in [1.82, 2.24) is 5.32 Å². The molecule has 0 saturated carbocycles. The van der Waals surface area contributed by atoms with Crippen LogP contribution < -0.4 is 20.7 Å². The van der Waals surface area contributed by atoms with Crippen molar-refractivity contribution in [1.29, 1.82) is 0 Å². The number of para-hydroxylation sites is 2. The zero-order chi connectivity index (χ0) is 22.8. The molecule has 0 spiro atoms. The molecular formula is C26H27N3O3. The van der Waals surface area contributed by atoms with Gasteiger partial charge in [-0.2, -0.15) is 0 Å². The summed E-state index contributed by atoms with van der Waals surface area (Å²) in [5.41, 5.74) is 2.81. The number of carbonyl (C=O) groups excluding carboxylic acids is 2. The van der Waals surface area contributed by atoms with Gasteiger partial charge in [0.1, 0.15) is 12.4 Å². The van der Waals surface area contributed by atoms with Crippen molar-refractivity contribution in [3.05, 3.63) is 103 Å². The van der Waals surface area contributed by atoms with Crippen molar-refractivity contribution in [2.75, 3.05) is 23.8 Å². The third-order valence-electron chi connectivity index (χ3n) is 4.74. The second-order valence-electron chi connectivity index (χ2n) is 7.18. The highest BCUT2D eigenvalue weighted by Gasteiger charge is 2.12. The molecule has 3 rings (SSSR count). The Morgan fingerprint density at radius 1 is 1.00 bits per heavy atom. The quantitative estimate of drug-likeness (QED) is 0.405. The molecule has 1 atom stereocenters. The summed E-state index contributed by atoms with van der Waals surface area (Å²) in [4.78, 5) is 25.0. The molecule has 0 heterocycles. The molecule has 0 fully saturated rings. The van der Waals surface area contributed by atoms with Crippen molar-refractivity contribution in [3.8, 4) is 5.75 Å². The fourth-order valence-electron chi connectivity index (χ4n) is 3.10. The molecule has 2 amide bonds. The molecule has 0 saturated heterocycles. The molecule has 0 radical (unpaired) electrons. The van der Waals surface area contributed by atoms with Gasteiger partial charge in [0, 0.05) is 11.3 Å². The van der Waals surface area contributed by atoms with Crippen LogP contribution in [0.25, 0.3) is 0 Å². The number of amides is 2. The fourth-order valence-corrected chi connectivity index (χ4v) is 3.10. The van der Waals surface area contributed by atoms with Crippen molar-refractivity contribution < 1.29 is 14.3 Å². The molecule has 0 bridgehead atoms. The van der Waals surface area contributed by atoms with Gasteiger partial charge in [-0.25, -0.2) is 0 Å². The molecule has 3 aromatic rings. The van der Waals surface area contributed by atoms with Crippen LogP contribution in [0.4, 0.5) is 11.4 Å². The minimum Gasteiger partial charge on any atom is -0.487 e. The summed E-state index contributed by atoms with van der Waals surface area (Å²) in [6.45, 7) is 5.96. The Labute approximate surface area is 188 Å². The zero-order valence-electron chi connectivity index (χ0n) is 18.0. The predicted octanol–water partition coefficient (Wildman–Crippen LogP) is 4.79. The second kappa shape index (κ2) is 11.4. The van der Waals surface area contributed by atoms with E-state index in [0.717, 1.165) is 5.56 Å². The van der Waals surface area contributed by atoms with Gasteiger partial charge in [0.15, 0.2) is 0 Å². The molecule has 164 valence electrons. The fraction of sp³-hybridized carbons (Fsp3) is 0.154. The predicted molar refractivity (Wildman–Crippen MR) is 128 cm³/mol. The topological polar surface area (TPSA) is 79.5 Å². The number of benzene rings is 3. The number of hydrogen-bond donors (Lipinski definition) is 3. The van der Waals surface area contributed by atoms with Crippen LogP contribution in [0.15, 0.2) is 91.5 Å². The van der Waals surface area contributed by atoms with E-state index in [1.165, 1.54) is 0 Å². The number of rotatable bonds is 10. The second-order valence-corrected chi connectivity index (χ2v) is 7.18. The summed E-state index contributed by atoms with van der Waals surface area (Å²) in [5.74, 6) is 0.168. The van der Waals surface area contributed by atoms with E-state index >= 15 is 0 Å². The average molecular weight is 430 g/mol. The lowest BCUT2D eigenvalue weighted by Crippen LogP contribution is -2.27. The highest BCUT2D eigenvalue weighted by Crippen LogP contribution is 2.23. The number of carbonyl (C=O) groups is 2. The largest absolute Gasteiger partial charge is 0.487 e. The van der Waals surface area contributed by atoms with Crippen LogP contribution in [0.5, 0.6) is 5.75 Å². The number of nitrogens with one attached hydrogen (secondary N) is 3. The van der Waals surface area contributed by atoms with Crippen LogP contribution in [0.3, 0.4) is 0 Å². The van der Waals surface area contributed by atoms with Gasteiger partial charge in [-0.15, -0.1) is 0 Å². The van der Waals surface area contributed by atoms with Gasteiger partial charge in [-0.1, -0.05) is 61.2 Å². The smallest absolute Gasteiger partial charge is 0.251 e. The molecule has 0 aliphatic rings. The Morgan fingerprint density at radius 3 is 2.53 bits per heavy atom. The van der Waals surface area contributed by atoms with Gasteiger partial charge in [0.25, 0.3) is 5.91 Å². The molecule has 6 heteroatoms. The molecule has 0 aromatic heterocycles. The van der Waals surface area contributed by atoms with Gasteiger partial charge in [0.05, 0.1) is 18.3 Å². The first-order valence-electron chi connectivity index (χ1n) is 10.4. The number of anilines is 2. The standard InChI is InChI=1S/C26H27N3O3/c1-3-16-32-24-15-8-7-14-23(24)29-25(30)18-27-22-13-9-12-21(17-22)26(31)28-19(2)20-10-5-4-6-11-20/h3-15,17,19,27H,1,16,18H2,2H3,(H,28,31)(H,29,30). The Kier molecular flexibility index (Phi) is 8.03. The van der Waals surface area contributed by atoms with E-state index in [4.69, 9.17) is 4.74 Å². The van der Waals surface area contributed by atoms with Gasteiger partial charge >= 0.3 is 0 Å². The van der Waals surface area contributed by atoms with E-state index in [9.17, 15) is 9.59 Å². The first kappa shape index (κ1) is 22.6. The van der Waals surface area contributed by atoms with E-state index in [1.807, 2.05) is 55.5 Å². The summed E-state index contributed by atoms with van der Waals surface area (Å²) in [6, 6.07) is 23.9. The molecular weight excluding hydrogens is 402 g/mol. The SMILES string of the molecule is C=CCOc1ccccc1NC(=O)CNc1cccc(C(=O)NC(C)c2ccccc2)c1. The molecule has 32 heavy (non-hydrogen) atoms. The summed E-state index contributed by atoms with van der Waals surface area (Å²) in [7, 11) is 0. The minimum absolute atomic E-state index is 0.0429. The van der Waals surface area contributed by atoms with Gasteiger partial charge in [-0.3, -0.25) is 9.59 Å². The zero-order valence-corrected chi connectivity index (χ0v) is 18.0. The van der Waals surface area contributed by atoms with Gasteiger partial charge in [-0.05, 0) is 42.8 Å². The number of hydrogen-bond acceptors (Lipinski definition) is 4. The lowest BCUT2D eigenvalue weighted by atomic mass is 10.1. The normalized spacial score (nSPS) is 11.2. The van der Waals surface area contributed by atoms with Crippen LogP contribution in [0, 0.1) is 0 Å². The van der Waals surface area contributed by atoms with Gasteiger partial charge < -0.3 is 20.7 Å². The molecule has 6 nitrogen and oxygen atoms in total. The highest BCUT2D eigenvalue weighted by atomic mass is 16.5. The van der Waals surface area contributed by atoms with E-state index in [-0.39, 0.29) is 24.4 Å². The molecule has 0 aliphatic heterocycles. The van der Waals surface area contributed by atoms with E-state index < -0.39 is 0 Å². The van der Waals surface area contributed by atoms with Crippen LogP contribution in [0.2, 0.25) is 0 Å². The summed E-state index contributed by atoms with van der Waals surface area (Å²) < 4.78 is 5.56. The average Bonchev–Trinajstić information content (AvgIpc) is 2.83. The van der Waals surface area contributed by atoms with Crippen LogP contribution in [-0.2, 0) is 4.79 Å². The molecule has 1 unspecified atom stereocenters. The van der Waals surface area contributed by atoms with E-state index in [0.29, 0.717) is 29.3 Å². The van der Waals surface area contributed by atoms with Crippen molar-refractivity contribution in [2.24, 2.45) is 0 Å². The number of ether oxygens (including phenoxy) is 1. The first-order valence-corrected chi connectivity index (χ1v) is 10.4. The Hall–Kier alpha value is -4.06. The maximum atomic E-state index is 12.6. The monoisotopic (exact) mass is 429 g/mol. The van der Waals surface area contributed by atoms with Crippen molar-refractivity contribution in [3.63, 3.8) is 0 Å². The maximum absolute atomic E-state index is 12.6.